The molecule has 4 aromatic rings. The van der Waals surface area contributed by atoms with E-state index in [2.05, 4.69) is 17.2 Å². The highest BCUT2D eigenvalue weighted by molar-refractivity contribution is 6.09. The second-order valence-electron chi connectivity index (χ2n) is 10.1. The maximum Gasteiger partial charge on any atom is 0.303 e. The number of pyridine rings is 1. The van der Waals surface area contributed by atoms with Gasteiger partial charge in [0.15, 0.2) is 11.5 Å². The maximum absolute atomic E-state index is 13.3. The third-order valence-electron chi connectivity index (χ3n) is 7.33. The fraction of sp³-hybridized carbons (Fsp3) is 0.357. The third-order valence-corrected chi connectivity index (χ3v) is 7.33. The smallest absolute Gasteiger partial charge is 0.303 e. The van der Waals surface area contributed by atoms with E-state index in [9.17, 15) is 9.59 Å². The molecule has 0 bridgehead atoms. The van der Waals surface area contributed by atoms with Gasteiger partial charge in [-0.1, -0.05) is 44.5 Å². The van der Waals surface area contributed by atoms with E-state index in [0.717, 1.165) is 47.2 Å². The molecule has 10 nitrogen and oxygen atoms in total. The molecule has 2 atom stereocenters. The second-order valence-corrected chi connectivity index (χ2v) is 10.1. The highest BCUT2D eigenvalue weighted by Gasteiger charge is 2.47. The van der Waals surface area contributed by atoms with Gasteiger partial charge in [0.2, 0.25) is 5.91 Å². The highest BCUT2D eigenvalue weighted by atomic mass is 16.4. The van der Waals surface area contributed by atoms with E-state index in [1.807, 2.05) is 54.9 Å². The minimum absolute atomic E-state index is 0.0292. The standard InChI is InChI=1S/C28H31N7O3/c1-5-6-13-35-26-19(12-7-16(3)30-26)22(34-35)25-31-23(29)21-24(32-25)33-27(38)28(21,4)18-10-8-17(9-11-18)15(2)14-20(36)37/h7-12,15H,5-6,13-14H2,1-4H3,(H,36,37)(H3,29,31,32,33,38)/t15?,28-/m0/s1. The van der Waals surface area contributed by atoms with Gasteiger partial charge in [0.05, 0.1) is 17.4 Å². The number of nitrogens with one attached hydrogen (secondary N) is 1. The van der Waals surface area contributed by atoms with Crippen LogP contribution in [0.2, 0.25) is 0 Å². The first-order chi connectivity index (χ1) is 18.1. The van der Waals surface area contributed by atoms with Crippen LogP contribution in [0.4, 0.5) is 11.6 Å². The molecule has 0 aliphatic carbocycles. The first-order valence-corrected chi connectivity index (χ1v) is 12.8. The average Bonchev–Trinajstić information content (AvgIpc) is 3.36. The molecule has 5 rings (SSSR count). The minimum atomic E-state index is -1.10. The Morgan fingerprint density at radius 1 is 1.16 bits per heavy atom. The van der Waals surface area contributed by atoms with E-state index in [1.165, 1.54) is 0 Å². The third kappa shape index (κ3) is 4.15. The van der Waals surface area contributed by atoms with Gasteiger partial charge in [0.1, 0.15) is 22.7 Å². The molecule has 1 aliphatic rings. The number of aromatic nitrogens is 5. The molecular weight excluding hydrogens is 482 g/mol. The van der Waals surface area contributed by atoms with Gasteiger partial charge in [-0.3, -0.25) is 9.59 Å². The molecule has 3 aromatic heterocycles. The summed E-state index contributed by atoms with van der Waals surface area (Å²) in [5.74, 6) is -0.375. The fourth-order valence-corrected chi connectivity index (χ4v) is 5.09. The van der Waals surface area contributed by atoms with Crippen LogP contribution in [0.15, 0.2) is 36.4 Å². The number of amides is 1. The van der Waals surface area contributed by atoms with E-state index < -0.39 is 11.4 Å². The molecule has 38 heavy (non-hydrogen) atoms. The number of fused-ring (bicyclic) bond motifs is 2. The number of nitrogens with zero attached hydrogens (tertiary/aromatic N) is 5. The number of benzene rings is 1. The number of carbonyl (C=O) groups is 2. The Bertz CT molecular complexity index is 1560. The van der Waals surface area contributed by atoms with Crippen LogP contribution < -0.4 is 11.1 Å². The summed E-state index contributed by atoms with van der Waals surface area (Å²) in [5, 5.41) is 17.6. The van der Waals surface area contributed by atoms with Crippen LogP contribution in [0.1, 0.15) is 68.3 Å². The number of hydrogen-bond acceptors (Lipinski definition) is 7. The molecule has 196 valence electrons. The van der Waals surface area contributed by atoms with Gasteiger partial charge >= 0.3 is 5.97 Å². The van der Waals surface area contributed by atoms with Gasteiger partial charge in [-0.2, -0.15) is 5.10 Å². The SMILES string of the molecule is CCCCn1nc(-c2nc(N)c3c(n2)NC(=O)[C@@]3(C)c2ccc(C(C)CC(=O)O)cc2)c2ccc(C)nc21. The summed E-state index contributed by atoms with van der Waals surface area (Å²) in [6.07, 6.45) is 2.01. The lowest BCUT2D eigenvalue weighted by Gasteiger charge is -2.24. The molecule has 0 spiro atoms. The topological polar surface area (TPSA) is 149 Å². The van der Waals surface area contributed by atoms with Crippen molar-refractivity contribution in [1.29, 1.82) is 0 Å². The number of carboxylic acids is 1. The number of hydrogen-bond donors (Lipinski definition) is 3. The molecule has 4 heterocycles. The van der Waals surface area contributed by atoms with E-state index in [0.29, 0.717) is 22.9 Å². The van der Waals surface area contributed by atoms with Crippen LogP contribution in [0.5, 0.6) is 0 Å². The van der Waals surface area contributed by atoms with Gasteiger partial charge in [-0.05, 0) is 49.4 Å². The van der Waals surface area contributed by atoms with Gasteiger partial charge in [-0.25, -0.2) is 19.6 Å². The summed E-state index contributed by atoms with van der Waals surface area (Å²) in [5.41, 5.74) is 9.75. The lowest BCUT2D eigenvalue weighted by Crippen LogP contribution is -2.33. The Balaban J connectivity index is 1.56. The van der Waals surface area contributed by atoms with Crippen molar-refractivity contribution in [3.05, 3.63) is 58.8 Å². The van der Waals surface area contributed by atoms with Crippen molar-refractivity contribution in [3.63, 3.8) is 0 Å². The first kappa shape index (κ1) is 25.3. The number of carbonyl (C=O) groups excluding carboxylic acids is 1. The lowest BCUT2D eigenvalue weighted by molar-refractivity contribution is -0.137. The van der Waals surface area contributed by atoms with E-state index >= 15 is 0 Å². The van der Waals surface area contributed by atoms with E-state index in [-0.39, 0.29) is 24.1 Å². The Morgan fingerprint density at radius 3 is 2.58 bits per heavy atom. The Labute approximate surface area is 220 Å². The molecule has 0 saturated carbocycles. The van der Waals surface area contributed by atoms with Crippen molar-refractivity contribution in [1.82, 2.24) is 24.7 Å². The number of nitrogens with two attached hydrogens (primary N) is 1. The van der Waals surface area contributed by atoms with Crippen LogP contribution in [-0.2, 0) is 21.5 Å². The molecule has 1 unspecified atom stereocenters. The Morgan fingerprint density at radius 2 is 1.89 bits per heavy atom. The van der Waals surface area contributed by atoms with Gasteiger partial charge in [0, 0.05) is 12.2 Å². The summed E-state index contributed by atoms with van der Waals surface area (Å²) in [7, 11) is 0. The summed E-state index contributed by atoms with van der Waals surface area (Å²) < 4.78 is 1.88. The van der Waals surface area contributed by atoms with Crippen LogP contribution in [0.3, 0.4) is 0 Å². The minimum Gasteiger partial charge on any atom is -0.481 e. The van der Waals surface area contributed by atoms with Gasteiger partial charge in [0.25, 0.3) is 0 Å². The molecule has 0 saturated heterocycles. The largest absolute Gasteiger partial charge is 0.481 e. The number of unbranched alkanes of at least 4 members (excludes halogenated alkanes) is 1. The summed E-state index contributed by atoms with van der Waals surface area (Å²) >= 11 is 0. The quantitative estimate of drug-likeness (QED) is 0.314. The summed E-state index contributed by atoms with van der Waals surface area (Å²) in [6, 6.07) is 11.3. The predicted octanol–water partition coefficient (Wildman–Crippen LogP) is 4.42. The van der Waals surface area contributed by atoms with Crippen LogP contribution in [-0.4, -0.2) is 41.7 Å². The molecule has 1 aliphatic heterocycles. The van der Waals surface area contributed by atoms with Crippen molar-refractivity contribution in [3.8, 4) is 11.5 Å². The molecule has 10 heteroatoms. The molecule has 4 N–H and O–H groups in total. The molecule has 1 aromatic carbocycles. The molecular formula is C28H31N7O3. The highest BCUT2D eigenvalue weighted by Crippen LogP contribution is 2.45. The van der Waals surface area contributed by atoms with Crippen LogP contribution >= 0.6 is 0 Å². The normalized spacial score (nSPS) is 17.4. The monoisotopic (exact) mass is 513 g/mol. The fourth-order valence-electron chi connectivity index (χ4n) is 5.09. The van der Waals surface area contributed by atoms with E-state index in [4.69, 9.17) is 25.9 Å². The summed E-state index contributed by atoms with van der Waals surface area (Å²) in [6.45, 7) is 8.44. The van der Waals surface area contributed by atoms with Crippen molar-refractivity contribution in [2.24, 2.45) is 0 Å². The zero-order valence-corrected chi connectivity index (χ0v) is 21.9. The number of carboxylic acid groups (broad SMARTS) is 1. The van der Waals surface area contributed by atoms with Crippen molar-refractivity contribution < 1.29 is 14.7 Å². The predicted molar refractivity (Wildman–Crippen MR) is 145 cm³/mol. The zero-order chi connectivity index (χ0) is 27.2. The second kappa shape index (κ2) is 9.51. The number of anilines is 2. The van der Waals surface area contributed by atoms with Crippen molar-refractivity contribution in [2.45, 2.75) is 64.8 Å². The Hall–Kier alpha value is -4.34. The van der Waals surface area contributed by atoms with Crippen LogP contribution in [0, 0.1) is 6.92 Å². The zero-order valence-electron chi connectivity index (χ0n) is 21.9. The number of nitrogen functional groups attached to an aromatic ring is 1. The number of rotatable bonds is 8. The lowest BCUT2D eigenvalue weighted by atomic mass is 9.77. The summed E-state index contributed by atoms with van der Waals surface area (Å²) in [4.78, 5) is 38.5. The van der Waals surface area contributed by atoms with Crippen LogP contribution in [0.25, 0.3) is 22.6 Å². The maximum atomic E-state index is 13.3. The van der Waals surface area contributed by atoms with Crippen molar-refractivity contribution >= 4 is 34.5 Å². The first-order valence-electron chi connectivity index (χ1n) is 12.8. The van der Waals surface area contributed by atoms with Gasteiger partial charge in [-0.15, -0.1) is 0 Å². The number of aryl methyl sites for hydroxylation is 2. The molecule has 0 fully saturated rings. The number of aliphatic carboxylic acids is 1. The molecule has 0 radical (unpaired) electrons. The van der Waals surface area contributed by atoms with Gasteiger partial charge < -0.3 is 16.2 Å². The van der Waals surface area contributed by atoms with Crippen molar-refractivity contribution in [2.75, 3.05) is 11.1 Å². The molecule has 1 amide bonds. The Kier molecular flexibility index (Phi) is 6.34. The van der Waals surface area contributed by atoms with E-state index in [1.54, 1.807) is 6.92 Å². The average molecular weight is 514 g/mol.